The lowest BCUT2D eigenvalue weighted by molar-refractivity contribution is -0.156. The molecule has 2 aliphatic rings. The lowest BCUT2D eigenvalue weighted by Gasteiger charge is -2.43. The first kappa shape index (κ1) is 11.3. The Hall–Kier alpha value is -1.21. The summed E-state index contributed by atoms with van der Waals surface area (Å²) in [6, 6.07) is 0. The number of nitrogens with zero attached hydrogens (tertiary/aromatic N) is 1. The van der Waals surface area contributed by atoms with Gasteiger partial charge in [-0.1, -0.05) is 11.8 Å². The molecule has 6 nitrogen and oxygen atoms in total. The van der Waals surface area contributed by atoms with Crippen LogP contribution >= 0.6 is 11.8 Å². The fourth-order valence-corrected chi connectivity index (χ4v) is 3.31. The van der Waals surface area contributed by atoms with Crippen LogP contribution in [-0.2, 0) is 14.3 Å². The van der Waals surface area contributed by atoms with Crippen LogP contribution in [0.5, 0.6) is 0 Å². The van der Waals surface area contributed by atoms with Crippen LogP contribution in [0.1, 0.15) is 6.92 Å². The number of aliphatic carboxylic acids is 1. The molecule has 0 bridgehead atoms. The summed E-state index contributed by atoms with van der Waals surface area (Å²) in [6.07, 6.45) is -0.785. The van der Waals surface area contributed by atoms with E-state index in [-0.39, 0.29) is 22.1 Å². The molecule has 88 valence electrons. The summed E-state index contributed by atoms with van der Waals surface area (Å²) in [4.78, 5) is 23.8. The standard InChI is InChI=1S/C9H11NO5S/c1-3(11)4-6(12)10-5(8(13)14)9(15-2)16-7(4)10/h3-4,7,11H,1-2H3,(H,13,14)/t3?,4?,7-/m1/s1. The number of hydrogen-bond acceptors (Lipinski definition) is 5. The molecule has 0 spiro atoms. The number of ether oxygens (including phenoxy) is 1. The summed E-state index contributed by atoms with van der Waals surface area (Å²) in [6.45, 7) is 1.52. The number of thioether (sulfide) groups is 1. The number of carbonyl (C=O) groups is 2. The number of aliphatic hydroxyl groups is 1. The predicted molar refractivity (Wildman–Crippen MR) is 55.1 cm³/mol. The van der Waals surface area contributed by atoms with Crippen LogP contribution in [0.4, 0.5) is 0 Å². The van der Waals surface area contributed by atoms with E-state index >= 15 is 0 Å². The van der Waals surface area contributed by atoms with Gasteiger partial charge in [0.2, 0.25) is 5.91 Å². The molecule has 0 aromatic heterocycles. The van der Waals surface area contributed by atoms with Crippen LogP contribution < -0.4 is 0 Å². The minimum absolute atomic E-state index is 0.126. The maximum absolute atomic E-state index is 11.7. The molecule has 0 aromatic carbocycles. The lowest BCUT2D eigenvalue weighted by Crippen LogP contribution is -2.60. The zero-order valence-electron chi connectivity index (χ0n) is 8.71. The van der Waals surface area contributed by atoms with Crippen molar-refractivity contribution in [1.29, 1.82) is 0 Å². The Morgan fingerprint density at radius 1 is 1.62 bits per heavy atom. The van der Waals surface area contributed by atoms with Crippen molar-refractivity contribution in [1.82, 2.24) is 4.90 Å². The van der Waals surface area contributed by atoms with E-state index in [1.54, 1.807) is 0 Å². The number of carbonyl (C=O) groups excluding carboxylic acids is 1. The van der Waals surface area contributed by atoms with E-state index in [9.17, 15) is 14.7 Å². The van der Waals surface area contributed by atoms with Crippen LogP contribution in [0.2, 0.25) is 0 Å². The number of carboxylic acids is 1. The molecular weight excluding hydrogens is 234 g/mol. The van der Waals surface area contributed by atoms with Gasteiger partial charge >= 0.3 is 5.97 Å². The van der Waals surface area contributed by atoms with E-state index in [4.69, 9.17) is 9.84 Å². The Kier molecular flexibility index (Phi) is 2.59. The summed E-state index contributed by atoms with van der Waals surface area (Å²) in [5.41, 5.74) is -0.126. The van der Waals surface area contributed by atoms with Crippen molar-refractivity contribution in [3.05, 3.63) is 10.8 Å². The Morgan fingerprint density at radius 2 is 2.25 bits per heavy atom. The summed E-state index contributed by atoms with van der Waals surface area (Å²) in [5.74, 6) is -2.10. The molecule has 1 amide bonds. The number of rotatable bonds is 3. The normalized spacial score (nSPS) is 29.9. The molecule has 0 aliphatic carbocycles. The molecule has 0 aromatic rings. The van der Waals surface area contributed by atoms with E-state index < -0.39 is 18.0 Å². The Bertz CT molecular complexity index is 391. The number of aliphatic hydroxyl groups excluding tert-OH is 1. The summed E-state index contributed by atoms with van der Waals surface area (Å²) in [5, 5.41) is 18.2. The van der Waals surface area contributed by atoms with E-state index in [2.05, 4.69) is 0 Å². The second-order valence-electron chi connectivity index (χ2n) is 3.63. The third-order valence-electron chi connectivity index (χ3n) is 2.65. The van der Waals surface area contributed by atoms with Gasteiger partial charge in [-0.15, -0.1) is 0 Å². The third-order valence-corrected chi connectivity index (χ3v) is 3.97. The average molecular weight is 245 g/mol. The van der Waals surface area contributed by atoms with Gasteiger partial charge in [0.05, 0.1) is 19.1 Å². The minimum atomic E-state index is -1.19. The summed E-state index contributed by atoms with van der Waals surface area (Å²) in [7, 11) is 1.36. The highest BCUT2D eigenvalue weighted by atomic mass is 32.2. The van der Waals surface area contributed by atoms with Gasteiger partial charge in [0.25, 0.3) is 0 Å². The highest BCUT2D eigenvalue weighted by molar-refractivity contribution is 8.03. The van der Waals surface area contributed by atoms with E-state index in [0.717, 1.165) is 11.8 Å². The lowest BCUT2D eigenvalue weighted by atomic mass is 9.92. The maximum Gasteiger partial charge on any atom is 0.357 e. The Labute approximate surface area is 95.9 Å². The van der Waals surface area contributed by atoms with Crippen molar-refractivity contribution in [2.24, 2.45) is 5.92 Å². The molecule has 2 heterocycles. The van der Waals surface area contributed by atoms with Gasteiger partial charge in [-0.2, -0.15) is 0 Å². The molecule has 2 unspecified atom stereocenters. The SMILES string of the molecule is COC1=C(C(=O)O)N2C(=O)C(C(C)O)[C@H]2S1. The number of β-lactam (4-membered cyclic amide) rings is 1. The first-order valence-corrected chi connectivity index (χ1v) is 5.56. The van der Waals surface area contributed by atoms with Gasteiger partial charge in [0, 0.05) is 0 Å². The minimum Gasteiger partial charge on any atom is -0.488 e. The van der Waals surface area contributed by atoms with Gasteiger partial charge < -0.3 is 14.9 Å². The van der Waals surface area contributed by atoms with E-state index in [0.29, 0.717) is 0 Å². The molecule has 2 rings (SSSR count). The maximum atomic E-state index is 11.7. The van der Waals surface area contributed by atoms with E-state index in [1.807, 2.05) is 0 Å². The van der Waals surface area contributed by atoms with Crippen molar-refractivity contribution < 1.29 is 24.5 Å². The fourth-order valence-electron chi connectivity index (χ4n) is 1.89. The van der Waals surface area contributed by atoms with Crippen LogP contribution in [0, 0.1) is 5.92 Å². The number of hydrogen-bond donors (Lipinski definition) is 2. The molecule has 1 saturated heterocycles. The van der Waals surface area contributed by atoms with Gasteiger partial charge in [-0.05, 0) is 6.92 Å². The molecule has 0 saturated carbocycles. The molecule has 2 N–H and O–H groups in total. The van der Waals surface area contributed by atoms with E-state index in [1.165, 1.54) is 18.9 Å². The van der Waals surface area contributed by atoms with Gasteiger partial charge in [0.1, 0.15) is 5.37 Å². The molecule has 7 heteroatoms. The zero-order chi connectivity index (χ0) is 12.0. The van der Waals surface area contributed by atoms with Crippen molar-refractivity contribution in [2.75, 3.05) is 7.11 Å². The monoisotopic (exact) mass is 245 g/mol. The van der Waals surface area contributed by atoms with Crippen molar-refractivity contribution in [3.8, 4) is 0 Å². The first-order chi connectivity index (χ1) is 7.49. The predicted octanol–water partition coefficient (Wildman–Crippen LogP) is -0.201. The quantitative estimate of drug-likeness (QED) is 0.669. The van der Waals surface area contributed by atoms with Crippen molar-refractivity contribution in [3.63, 3.8) is 0 Å². The molecular formula is C9H11NO5S. The fraction of sp³-hybridized carbons (Fsp3) is 0.556. The third kappa shape index (κ3) is 1.31. The number of amides is 1. The van der Waals surface area contributed by atoms with Crippen LogP contribution in [0.15, 0.2) is 10.8 Å². The Balaban J connectivity index is 2.29. The van der Waals surface area contributed by atoms with Gasteiger partial charge in [-0.25, -0.2) is 4.79 Å². The van der Waals surface area contributed by atoms with Gasteiger partial charge in [-0.3, -0.25) is 9.69 Å². The highest BCUT2D eigenvalue weighted by Gasteiger charge is 2.58. The number of methoxy groups -OCH3 is 1. The van der Waals surface area contributed by atoms with Crippen LogP contribution in [0.25, 0.3) is 0 Å². The Morgan fingerprint density at radius 3 is 2.69 bits per heavy atom. The average Bonchev–Trinajstić information content (AvgIpc) is 2.51. The van der Waals surface area contributed by atoms with Gasteiger partial charge in [0.15, 0.2) is 10.8 Å². The molecule has 0 radical (unpaired) electrons. The number of fused-ring (bicyclic) bond motifs is 1. The second kappa shape index (κ2) is 3.67. The topological polar surface area (TPSA) is 87.1 Å². The summed E-state index contributed by atoms with van der Waals surface area (Å²) >= 11 is 1.16. The smallest absolute Gasteiger partial charge is 0.357 e. The molecule has 3 atom stereocenters. The molecule has 2 aliphatic heterocycles. The zero-order valence-corrected chi connectivity index (χ0v) is 9.52. The van der Waals surface area contributed by atoms with Crippen LogP contribution in [-0.4, -0.2) is 45.6 Å². The second-order valence-corrected chi connectivity index (χ2v) is 4.72. The molecule has 1 fully saturated rings. The largest absolute Gasteiger partial charge is 0.488 e. The van der Waals surface area contributed by atoms with Crippen molar-refractivity contribution >= 4 is 23.6 Å². The number of carboxylic acid groups (broad SMARTS) is 1. The van der Waals surface area contributed by atoms with Crippen molar-refractivity contribution in [2.45, 2.75) is 18.4 Å². The van der Waals surface area contributed by atoms with Crippen LogP contribution in [0.3, 0.4) is 0 Å². The molecule has 16 heavy (non-hydrogen) atoms. The summed E-state index contributed by atoms with van der Waals surface area (Å²) < 4.78 is 4.93. The highest BCUT2D eigenvalue weighted by Crippen LogP contribution is 2.50. The first-order valence-electron chi connectivity index (χ1n) is 4.68.